The van der Waals surface area contributed by atoms with Crippen molar-refractivity contribution in [2.45, 2.75) is 0 Å². The normalized spacial score (nSPS) is 9.50. The van der Waals surface area contributed by atoms with Crippen molar-refractivity contribution in [2.75, 3.05) is 19.5 Å². The topological polar surface area (TPSA) is 52.0 Å². The molecule has 4 nitrogen and oxygen atoms in total. The number of hydrogen-bond donors (Lipinski definition) is 1. The van der Waals surface area contributed by atoms with E-state index in [1.807, 2.05) is 20.2 Å². The summed E-state index contributed by atoms with van der Waals surface area (Å²) in [5.74, 6) is 0.735. The third-order valence-corrected chi connectivity index (χ3v) is 1.23. The van der Waals surface area contributed by atoms with Crippen LogP contribution in [0.2, 0.25) is 0 Å². The highest BCUT2D eigenvalue weighted by Crippen LogP contribution is 2.03. The van der Waals surface area contributed by atoms with E-state index in [9.17, 15) is 0 Å². The fourth-order valence-corrected chi connectivity index (χ4v) is 0.755. The summed E-state index contributed by atoms with van der Waals surface area (Å²) in [7, 11) is 3.75. The van der Waals surface area contributed by atoms with Crippen LogP contribution < -0.4 is 5.43 Å². The first-order valence-corrected chi connectivity index (χ1v) is 3.52. The van der Waals surface area contributed by atoms with E-state index in [0.29, 0.717) is 5.56 Å². The zero-order valence-corrected chi connectivity index (χ0v) is 7.07. The van der Waals surface area contributed by atoms with Crippen LogP contribution in [0.25, 0.3) is 0 Å². The lowest BCUT2D eigenvalue weighted by Crippen LogP contribution is -2.20. The number of nitrogens with zero attached hydrogens (tertiary/aromatic N) is 3. The minimum Gasteiger partial charge on any atom is -0.304 e. The van der Waals surface area contributed by atoms with Gasteiger partial charge < -0.3 is 5.43 Å². The summed E-state index contributed by atoms with van der Waals surface area (Å²) in [6.07, 6.45) is 1.53. The molecular formula is C8H10N4. The van der Waals surface area contributed by atoms with Crippen molar-refractivity contribution in [1.82, 2.24) is 9.99 Å². The van der Waals surface area contributed by atoms with Crippen LogP contribution in [-0.4, -0.2) is 24.1 Å². The van der Waals surface area contributed by atoms with Crippen LogP contribution in [0.5, 0.6) is 0 Å². The summed E-state index contributed by atoms with van der Waals surface area (Å²) >= 11 is 0. The average molecular weight is 162 g/mol. The number of aromatic nitrogens is 1. The van der Waals surface area contributed by atoms with Gasteiger partial charge in [-0.2, -0.15) is 5.26 Å². The Morgan fingerprint density at radius 3 is 2.67 bits per heavy atom. The molecule has 0 aliphatic rings. The second-order valence-corrected chi connectivity index (χ2v) is 2.55. The minimum atomic E-state index is 0.569. The van der Waals surface area contributed by atoms with Gasteiger partial charge in [0.2, 0.25) is 0 Å². The first-order chi connectivity index (χ1) is 5.72. The Balaban J connectivity index is 2.73. The fraction of sp³-hybridized carbons (Fsp3) is 0.250. The second-order valence-electron chi connectivity index (χ2n) is 2.55. The molecule has 0 fully saturated rings. The van der Waals surface area contributed by atoms with Crippen LogP contribution in [0.3, 0.4) is 0 Å². The summed E-state index contributed by atoms with van der Waals surface area (Å²) in [6, 6.07) is 5.49. The number of hydrazine groups is 1. The summed E-state index contributed by atoms with van der Waals surface area (Å²) in [6.45, 7) is 0. The Hall–Kier alpha value is -1.60. The Labute approximate surface area is 71.4 Å². The SMILES string of the molecule is CN(C)Nc1ccc(C#N)cn1. The van der Waals surface area contributed by atoms with Gasteiger partial charge in [0.25, 0.3) is 0 Å². The molecule has 0 aliphatic carbocycles. The Bertz CT molecular complexity index is 283. The van der Waals surface area contributed by atoms with Crippen molar-refractivity contribution in [2.24, 2.45) is 0 Å². The highest BCUT2D eigenvalue weighted by Gasteiger charge is 1.94. The number of rotatable bonds is 2. The summed E-state index contributed by atoms with van der Waals surface area (Å²) < 4.78 is 0. The van der Waals surface area contributed by atoms with Gasteiger partial charge in [0, 0.05) is 20.3 Å². The van der Waals surface area contributed by atoms with E-state index in [4.69, 9.17) is 5.26 Å². The maximum Gasteiger partial charge on any atom is 0.140 e. The molecule has 0 saturated heterocycles. The van der Waals surface area contributed by atoms with Crippen LogP contribution in [-0.2, 0) is 0 Å². The molecule has 0 aromatic carbocycles. The zero-order valence-electron chi connectivity index (χ0n) is 7.07. The Kier molecular flexibility index (Phi) is 2.62. The standard InChI is InChI=1S/C8H10N4/c1-12(2)11-8-4-3-7(5-9)6-10-8/h3-4,6H,1-2H3,(H,10,11). The van der Waals surface area contributed by atoms with E-state index < -0.39 is 0 Å². The van der Waals surface area contributed by atoms with Gasteiger partial charge in [-0.15, -0.1) is 0 Å². The highest BCUT2D eigenvalue weighted by molar-refractivity contribution is 5.37. The van der Waals surface area contributed by atoms with E-state index in [-0.39, 0.29) is 0 Å². The van der Waals surface area contributed by atoms with Gasteiger partial charge in [0.1, 0.15) is 11.9 Å². The summed E-state index contributed by atoms with van der Waals surface area (Å²) in [4.78, 5) is 4.01. The van der Waals surface area contributed by atoms with E-state index in [1.165, 1.54) is 6.20 Å². The molecule has 4 heteroatoms. The lowest BCUT2D eigenvalue weighted by molar-refractivity contribution is 0.492. The van der Waals surface area contributed by atoms with Crippen molar-refractivity contribution < 1.29 is 0 Å². The first-order valence-electron chi connectivity index (χ1n) is 3.52. The second kappa shape index (κ2) is 3.69. The van der Waals surface area contributed by atoms with Crippen molar-refractivity contribution in [3.8, 4) is 6.07 Å². The molecule has 0 amide bonds. The van der Waals surface area contributed by atoms with Gasteiger partial charge in [-0.1, -0.05) is 0 Å². The summed E-state index contributed by atoms with van der Waals surface area (Å²) in [5, 5.41) is 10.3. The minimum absolute atomic E-state index is 0.569. The van der Waals surface area contributed by atoms with Crippen LogP contribution in [0.4, 0.5) is 5.82 Å². The molecule has 12 heavy (non-hydrogen) atoms. The van der Waals surface area contributed by atoms with Gasteiger partial charge in [-0.25, -0.2) is 9.99 Å². The van der Waals surface area contributed by atoms with Crippen molar-refractivity contribution in [3.63, 3.8) is 0 Å². The molecule has 1 aromatic heterocycles. The number of nitrogens with one attached hydrogen (secondary N) is 1. The molecule has 0 radical (unpaired) electrons. The molecule has 0 bridgehead atoms. The largest absolute Gasteiger partial charge is 0.304 e. The molecule has 0 atom stereocenters. The number of pyridine rings is 1. The van der Waals surface area contributed by atoms with Gasteiger partial charge in [-0.05, 0) is 12.1 Å². The van der Waals surface area contributed by atoms with Gasteiger partial charge in [0.05, 0.1) is 5.56 Å². The molecule has 62 valence electrons. The lowest BCUT2D eigenvalue weighted by Gasteiger charge is -2.11. The van der Waals surface area contributed by atoms with E-state index in [1.54, 1.807) is 17.1 Å². The van der Waals surface area contributed by atoms with Gasteiger partial charge >= 0.3 is 0 Å². The monoisotopic (exact) mass is 162 g/mol. The Morgan fingerprint density at radius 2 is 2.25 bits per heavy atom. The predicted octanol–water partition coefficient (Wildman–Crippen LogP) is 0.842. The average Bonchev–Trinajstić information content (AvgIpc) is 2.05. The molecule has 1 N–H and O–H groups in total. The summed E-state index contributed by atoms with van der Waals surface area (Å²) in [5.41, 5.74) is 3.54. The van der Waals surface area contributed by atoms with Crippen molar-refractivity contribution in [1.29, 1.82) is 5.26 Å². The van der Waals surface area contributed by atoms with Gasteiger partial charge in [0.15, 0.2) is 0 Å². The number of nitriles is 1. The smallest absolute Gasteiger partial charge is 0.140 e. The van der Waals surface area contributed by atoms with E-state index in [2.05, 4.69) is 10.4 Å². The molecule has 1 rings (SSSR count). The molecule has 0 aliphatic heterocycles. The molecule has 0 spiro atoms. The molecular weight excluding hydrogens is 152 g/mol. The Morgan fingerprint density at radius 1 is 1.50 bits per heavy atom. The van der Waals surface area contributed by atoms with Crippen molar-refractivity contribution in [3.05, 3.63) is 23.9 Å². The van der Waals surface area contributed by atoms with E-state index >= 15 is 0 Å². The zero-order chi connectivity index (χ0) is 8.97. The van der Waals surface area contributed by atoms with Gasteiger partial charge in [-0.3, -0.25) is 0 Å². The third kappa shape index (κ3) is 2.22. The predicted molar refractivity (Wildman–Crippen MR) is 46.3 cm³/mol. The first kappa shape index (κ1) is 8.50. The molecule has 1 heterocycles. The highest BCUT2D eigenvalue weighted by atomic mass is 15.5. The molecule has 1 aromatic rings. The maximum atomic E-state index is 8.49. The van der Waals surface area contributed by atoms with Crippen LogP contribution in [0.15, 0.2) is 18.3 Å². The van der Waals surface area contributed by atoms with Crippen LogP contribution >= 0.6 is 0 Å². The third-order valence-electron chi connectivity index (χ3n) is 1.23. The molecule has 0 unspecified atom stereocenters. The van der Waals surface area contributed by atoms with E-state index in [0.717, 1.165) is 5.82 Å². The maximum absolute atomic E-state index is 8.49. The van der Waals surface area contributed by atoms with Crippen LogP contribution in [0, 0.1) is 11.3 Å². The number of hydrogen-bond acceptors (Lipinski definition) is 4. The quantitative estimate of drug-likeness (QED) is 0.655. The molecule has 0 saturated carbocycles. The number of anilines is 1. The fourth-order valence-electron chi connectivity index (χ4n) is 0.755. The van der Waals surface area contributed by atoms with Crippen LogP contribution in [0.1, 0.15) is 5.56 Å². The van der Waals surface area contributed by atoms with Crippen molar-refractivity contribution >= 4 is 5.82 Å². The lowest BCUT2D eigenvalue weighted by atomic mass is 10.3.